The van der Waals surface area contributed by atoms with E-state index in [4.69, 9.17) is 20.4 Å². The molecule has 4 heteroatoms. The van der Waals surface area contributed by atoms with Crippen molar-refractivity contribution >= 4 is 11.6 Å². The molecule has 1 aromatic carbocycles. The first-order chi connectivity index (χ1) is 8.33. The molecule has 0 unspecified atom stereocenters. The molecular formula is C13H8ClNO2. The molecule has 0 N–H and O–H groups in total. The van der Waals surface area contributed by atoms with E-state index in [9.17, 15) is 0 Å². The standard InChI is InChI=1S/C13H8ClNO2/c14-10-5-3-9(4-6-10)12-8-15-13(17-12)11-2-1-7-16-11/h1-8H. The van der Waals surface area contributed by atoms with E-state index in [0.29, 0.717) is 22.4 Å². The number of benzene rings is 1. The Kier molecular flexibility index (Phi) is 2.46. The molecule has 0 bridgehead atoms. The van der Waals surface area contributed by atoms with E-state index in [1.165, 1.54) is 0 Å². The van der Waals surface area contributed by atoms with Crippen LogP contribution < -0.4 is 0 Å². The van der Waals surface area contributed by atoms with Gasteiger partial charge in [0.1, 0.15) is 0 Å². The summed E-state index contributed by atoms with van der Waals surface area (Å²) in [6, 6.07) is 11.0. The Morgan fingerprint density at radius 2 is 1.82 bits per heavy atom. The summed E-state index contributed by atoms with van der Waals surface area (Å²) in [4.78, 5) is 4.16. The zero-order chi connectivity index (χ0) is 11.7. The van der Waals surface area contributed by atoms with Crippen LogP contribution in [-0.2, 0) is 0 Å². The maximum atomic E-state index is 5.82. The molecule has 84 valence electrons. The summed E-state index contributed by atoms with van der Waals surface area (Å²) in [5.41, 5.74) is 0.930. The molecule has 0 spiro atoms. The first kappa shape index (κ1) is 10.2. The van der Waals surface area contributed by atoms with Gasteiger partial charge in [0.2, 0.25) is 0 Å². The lowest BCUT2D eigenvalue weighted by Crippen LogP contribution is -1.72. The highest BCUT2D eigenvalue weighted by Crippen LogP contribution is 2.26. The van der Waals surface area contributed by atoms with Gasteiger partial charge in [-0.2, -0.15) is 0 Å². The molecular weight excluding hydrogens is 238 g/mol. The van der Waals surface area contributed by atoms with Gasteiger partial charge in [0.15, 0.2) is 11.5 Å². The molecule has 0 aliphatic carbocycles. The van der Waals surface area contributed by atoms with Crippen LogP contribution >= 0.6 is 11.6 Å². The van der Waals surface area contributed by atoms with Crippen molar-refractivity contribution in [1.82, 2.24) is 4.98 Å². The van der Waals surface area contributed by atoms with Crippen LogP contribution in [0.1, 0.15) is 0 Å². The molecule has 2 aromatic heterocycles. The van der Waals surface area contributed by atoms with Gasteiger partial charge in [-0.25, -0.2) is 4.98 Å². The van der Waals surface area contributed by atoms with Crippen molar-refractivity contribution in [2.24, 2.45) is 0 Å². The number of hydrogen-bond donors (Lipinski definition) is 0. The molecule has 0 atom stereocenters. The third-order valence-corrected chi connectivity index (χ3v) is 2.62. The minimum atomic E-state index is 0.472. The summed E-state index contributed by atoms with van der Waals surface area (Å²) in [7, 11) is 0. The van der Waals surface area contributed by atoms with Gasteiger partial charge in [0.05, 0.1) is 12.5 Å². The second kappa shape index (κ2) is 4.11. The van der Waals surface area contributed by atoms with Gasteiger partial charge in [-0.1, -0.05) is 11.6 Å². The van der Waals surface area contributed by atoms with E-state index >= 15 is 0 Å². The fourth-order valence-electron chi connectivity index (χ4n) is 1.54. The average Bonchev–Trinajstić information content (AvgIpc) is 3.00. The zero-order valence-electron chi connectivity index (χ0n) is 8.76. The minimum absolute atomic E-state index is 0.472. The average molecular weight is 246 g/mol. The van der Waals surface area contributed by atoms with Crippen LogP contribution in [0.3, 0.4) is 0 Å². The summed E-state index contributed by atoms with van der Waals surface area (Å²) in [5.74, 6) is 1.78. The fourth-order valence-corrected chi connectivity index (χ4v) is 1.66. The predicted molar refractivity (Wildman–Crippen MR) is 64.7 cm³/mol. The summed E-state index contributed by atoms with van der Waals surface area (Å²) >= 11 is 5.82. The first-order valence-corrected chi connectivity index (χ1v) is 5.46. The van der Waals surface area contributed by atoms with Crippen LogP contribution in [0.25, 0.3) is 23.0 Å². The third-order valence-electron chi connectivity index (χ3n) is 2.37. The van der Waals surface area contributed by atoms with Crippen molar-refractivity contribution in [2.75, 3.05) is 0 Å². The van der Waals surface area contributed by atoms with Crippen LogP contribution in [0.15, 0.2) is 57.7 Å². The van der Waals surface area contributed by atoms with Gasteiger partial charge in [-0.3, -0.25) is 0 Å². The Morgan fingerprint density at radius 3 is 2.53 bits per heavy atom. The van der Waals surface area contributed by atoms with Gasteiger partial charge in [-0.15, -0.1) is 0 Å². The normalized spacial score (nSPS) is 10.6. The number of halogens is 1. The molecule has 0 saturated carbocycles. The zero-order valence-corrected chi connectivity index (χ0v) is 9.52. The third kappa shape index (κ3) is 1.97. The molecule has 3 aromatic rings. The van der Waals surface area contributed by atoms with Crippen molar-refractivity contribution in [3.8, 4) is 23.0 Å². The molecule has 0 amide bonds. The number of aromatic nitrogens is 1. The first-order valence-electron chi connectivity index (χ1n) is 5.08. The van der Waals surface area contributed by atoms with Crippen molar-refractivity contribution in [2.45, 2.75) is 0 Å². The highest BCUT2D eigenvalue weighted by Gasteiger charge is 2.10. The molecule has 3 nitrogen and oxygen atoms in total. The van der Waals surface area contributed by atoms with E-state index in [-0.39, 0.29) is 0 Å². The molecule has 17 heavy (non-hydrogen) atoms. The van der Waals surface area contributed by atoms with Gasteiger partial charge < -0.3 is 8.83 Å². The Morgan fingerprint density at radius 1 is 1.00 bits per heavy atom. The summed E-state index contributed by atoms with van der Waals surface area (Å²) in [6.45, 7) is 0. The predicted octanol–water partition coefficient (Wildman–Crippen LogP) is 4.26. The molecule has 0 aliphatic heterocycles. The minimum Gasteiger partial charge on any atom is -0.459 e. The maximum Gasteiger partial charge on any atom is 0.263 e. The van der Waals surface area contributed by atoms with Gasteiger partial charge in [0.25, 0.3) is 5.89 Å². The van der Waals surface area contributed by atoms with Crippen LogP contribution in [0.4, 0.5) is 0 Å². The lowest BCUT2D eigenvalue weighted by atomic mass is 10.2. The smallest absolute Gasteiger partial charge is 0.263 e. The van der Waals surface area contributed by atoms with Gasteiger partial charge in [-0.05, 0) is 36.4 Å². The largest absolute Gasteiger partial charge is 0.459 e. The SMILES string of the molecule is Clc1ccc(-c2cnc(-c3ccco3)o2)cc1. The summed E-state index contributed by atoms with van der Waals surface area (Å²) < 4.78 is 10.8. The second-order valence-electron chi connectivity index (χ2n) is 3.51. The van der Waals surface area contributed by atoms with E-state index in [1.807, 2.05) is 24.3 Å². The Bertz CT molecular complexity index is 611. The van der Waals surface area contributed by atoms with Crippen molar-refractivity contribution in [3.63, 3.8) is 0 Å². The van der Waals surface area contributed by atoms with E-state index in [1.54, 1.807) is 24.6 Å². The second-order valence-corrected chi connectivity index (χ2v) is 3.95. The fraction of sp³-hybridized carbons (Fsp3) is 0. The summed E-state index contributed by atoms with van der Waals surface area (Å²) in [6.07, 6.45) is 3.25. The molecule has 0 aliphatic rings. The van der Waals surface area contributed by atoms with Crippen LogP contribution in [0.5, 0.6) is 0 Å². The highest BCUT2D eigenvalue weighted by atomic mass is 35.5. The van der Waals surface area contributed by atoms with Crippen LogP contribution in [0.2, 0.25) is 5.02 Å². The van der Waals surface area contributed by atoms with Crippen molar-refractivity contribution in [1.29, 1.82) is 0 Å². The van der Waals surface area contributed by atoms with E-state index in [2.05, 4.69) is 4.98 Å². The maximum absolute atomic E-state index is 5.82. The number of rotatable bonds is 2. The van der Waals surface area contributed by atoms with Crippen molar-refractivity contribution in [3.05, 3.63) is 53.9 Å². The van der Waals surface area contributed by atoms with Gasteiger partial charge >= 0.3 is 0 Å². The Balaban J connectivity index is 1.98. The number of hydrogen-bond acceptors (Lipinski definition) is 3. The lowest BCUT2D eigenvalue weighted by Gasteiger charge is -1.95. The van der Waals surface area contributed by atoms with Crippen LogP contribution in [-0.4, -0.2) is 4.98 Å². The molecule has 0 fully saturated rings. The molecule has 3 rings (SSSR count). The molecule has 0 radical (unpaired) electrons. The monoisotopic (exact) mass is 245 g/mol. The highest BCUT2D eigenvalue weighted by molar-refractivity contribution is 6.30. The summed E-state index contributed by atoms with van der Waals surface area (Å²) in [5, 5.41) is 0.694. The number of nitrogens with zero attached hydrogens (tertiary/aromatic N) is 1. The Labute approximate surface area is 103 Å². The molecule has 0 saturated heterocycles. The number of furan rings is 1. The lowest BCUT2D eigenvalue weighted by molar-refractivity contribution is 0.524. The Hall–Kier alpha value is -2.00. The van der Waals surface area contributed by atoms with Crippen LogP contribution in [0, 0.1) is 0 Å². The van der Waals surface area contributed by atoms with E-state index in [0.717, 1.165) is 5.56 Å². The topological polar surface area (TPSA) is 39.2 Å². The molecule has 2 heterocycles. The van der Waals surface area contributed by atoms with E-state index < -0.39 is 0 Å². The van der Waals surface area contributed by atoms with Crippen molar-refractivity contribution < 1.29 is 8.83 Å². The quantitative estimate of drug-likeness (QED) is 0.677. The number of oxazole rings is 1. The van der Waals surface area contributed by atoms with Gasteiger partial charge in [0, 0.05) is 10.6 Å².